The number of fused-ring (bicyclic) bond motifs is 2. The molecule has 1 saturated heterocycles. The number of hydrogen-bond donors (Lipinski definition) is 0. The molecule has 28 heavy (non-hydrogen) atoms. The van der Waals surface area contributed by atoms with Crippen LogP contribution in [-0.2, 0) is 0 Å². The Labute approximate surface area is 174 Å². The van der Waals surface area contributed by atoms with E-state index in [9.17, 15) is 0 Å². The van der Waals surface area contributed by atoms with E-state index in [1.54, 1.807) is 25.2 Å². The summed E-state index contributed by atoms with van der Waals surface area (Å²) in [5.41, 5.74) is 4.97. The van der Waals surface area contributed by atoms with Gasteiger partial charge in [0, 0.05) is 0 Å². The van der Waals surface area contributed by atoms with Crippen LogP contribution >= 0.6 is 7.92 Å². The fraction of sp³-hybridized carbons (Fsp3) is 0.231. The third-order valence-corrected chi connectivity index (χ3v) is 16.6. The average Bonchev–Trinajstić information content (AvgIpc) is 3.25. The van der Waals surface area contributed by atoms with Gasteiger partial charge in [0.05, 0.1) is 0 Å². The summed E-state index contributed by atoms with van der Waals surface area (Å²) in [5, 5.41) is 1.61. The minimum atomic E-state index is -1.38. The molecule has 3 aromatic carbocycles. The predicted octanol–water partition coefficient (Wildman–Crippen LogP) is 4.96. The van der Waals surface area contributed by atoms with Gasteiger partial charge in [-0.1, -0.05) is 0 Å². The van der Waals surface area contributed by atoms with Crippen LogP contribution in [0.3, 0.4) is 0 Å². The molecule has 2 heteroatoms. The second-order valence-electron chi connectivity index (χ2n) is 7.91. The second-order valence-corrected chi connectivity index (χ2v) is 15.5. The SMILES string of the molecule is CC1=C(C)[C@@H]2[C@@H]([As](c3ccccc3)c3ccccc3)C[C@H]1[P@@]2c1ccccc1. The molecule has 0 aliphatic carbocycles. The molecular formula is C26H26AsP. The molecule has 5 rings (SSSR count). The maximum atomic E-state index is 2.44. The zero-order valence-electron chi connectivity index (χ0n) is 16.5. The molecule has 140 valence electrons. The third kappa shape index (κ3) is 3.03. The van der Waals surface area contributed by atoms with Gasteiger partial charge in [0.25, 0.3) is 0 Å². The van der Waals surface area contributed by atoms with E-state index in [1.165, 1.54) is 6.42 Å². The third-order valence-electron chi connectivity index (χ3n) is 6.48. The van der Waals surface area contributed by atoms with Crippen molar-refractivity contribution < 1.29 is 0 Å². The van der Waals surface area contributed by atoms with Gasteiger partial charge in [-0.2, -0.15) is 0 Å². The van der Waals surface area contributed by atoms with Crippen LogP contribution in [0.5, 0.6) is 0 Å². The number of hydrogen-bond acceptors (Lipinski definition) is 0. The first-order chi connectivity index (χ1) is 13.8. The van der Waals surface area contributed by atoms with E-state index in [2.05, 4.69) is 105 Å². The Morgan fingerprint density at radius 3 is 1.71 bits per heavy atom. The Hall–Kier alpha value is -1.61. The molecule has 2 heterocycles. The van der Waals surface area contributed by atoms with Crippen molar-refractivity contribution in [3.63, 3.8) is 0 Å². The van der Waals surface area contributed by atoms with Gasteiger partial charge in [0.1, 0.15) is 0 Å². The summed E-state index contributed by atoms with van der Waals surface area (Å²) in [4.78, 5) is 0. The average molecular weight is 444 g/mol. The predicted molar refractivity (Wildman–Crippen MR) is 125 cm³/mol. The molecule has 0 unspecified atom stereocenters. The Kier molecular flexibility index (Phi) is 5.04. The van der Waals surface area contributed by atoms with Crippen LogP contribution in [0.15, 0.2) is 102 Å². The Morgan fingerprint density at radius 2 is 1.18 bits per heavy atom. The molecule has 0 saturated carbocycles. The van der Waals surface area contributed by atoms with Crippen LogP contribution in [0.1, 0.15) is 20.3 Å². The van der Waals surface area contributed by atoms with Crippen molar-refractivity contribution in [1.82, 2.24) is 0 Å². The summed E-state index contributed by atoms with van der Waals surface area (Å²) in [6, 6.07) is 34.3. The Bertz CT molecular complexity index is 941. The van der Waals surface area contributed by atoms with E-state index in [0.717, 1.165) is 16.0 Å². The fourth-order valence-electron chi connectivity index (χ4n) is 5.13. The van der Waals surface area contributed by atoms with E-state index >= 15 is 0 Å². The van der Waals surface area contributed by atoms with Crippen molar-refractivity contribution in [3.05, 3.63) is 102 Å². The van der Waals surface area contributed by atoms with E-state index in [0.29, 0.717) is 0 Å². The van der Waals surface area contributed by atoms with Gasteiger partial charge < -0.3 is 0 Å². The van der Waals surface area contributed by atoms with Crippen molar-refractivity contribution in [3.8, 4) is 0 Å². The van der Waals surface area contributed by atoms with Crippen LogP contribution in [0, 0.1) is 0 Å². The first kappa shape index (κ1) is 18.4. The number of rotatable bonds is 4. The van der Waals surface area contributed by atoms with Crippen molar-refractivity contribution in [2.24, 2.45) is 0 Å². The van der Waals surface area contributed by atoms with Crippen LogP contribution < -0.4 is 14.0 Å². The van der Waals surface area contributed by atoms with Gasteiger partial charge in [-0.15, -0.1) is 0 Å². The molecule has 2 aliphatic heterocycles. The molecule has 3 aromatic rings. The van der Waals surface area contributed by atoms with Gasteiger partial charge in [0.15, 0.2) is 0 Å². The molecule has 0 N–H and O–H groups in total. The van der Waals surface area contributed by atoms with Gasteiger partial charge in [-0.3, -0.25) is 0 Å². The van der Waals surface area contributed by atoms with Crippen LogP contribution in [0.2, 0.25) is 4.71 Å². The van der Waals surface area contributed by atoms with Crippen molar-refractivity contribution in [1.29, 1.82) is 0 Å². The number of benzene rings is 3. The van der Waals surface area contributed by atoms with Crippen molar-refractivity contribution >= 4 is 36.6 Å². The molecular weight excluding hydrogens is 418 g/mol. The van der Waals surface area contributed by atoms with E-state index in [4.69, 9.17) is 0 Å². The van der Waals surface area contributed by atoms with Gasteiger partial charge in [0.2, 0.25) is 0 Å². The fourth-order valence-corrected chi connectivity index (χ4v) is 17.1. The summed E-state index contributed by atoms with van der Waals surface area (Å²) >= 11 is -1.38. The molecule has 0 amide bonds. The summed E-state index contributed by atoms with van der Waals surface area (Å²) in [6.45, 7) is 4.85. The Morgan fingerprint density at radius 1 is 0.679 bits per heavy atom. The summed E-state index contributed by atoms with van der Waals surface area (Å²) < 4.78 is 4.07. The van der Waals surface area contributed by atoms with Crippen molar-refractivity contribution in [2.75, 3.05) is 0 Å². The zero-order chi connectivity index (χ0) is 19.1. The summed E-state index contributed by atoms with van der Waals surface area (Å²) in [5.74, 6) is 0. The standard InChI is InChI=1S/C26H26AsP/c1-19-20(2)26-24(18-25(19)28(26)23-16-10-5-11-17-23)27(21-12-6-3-7-13-21)22-14-8-4-9-15-22/h3-17,24-26H,18H2,1-2H3/t24-,25+,26+,28+/m0/s1. The van der Waals surface area contributed by atoms with Gasteiger partial charge in [-0.25, -0.2) is 0 Å². The first-order valence-corrected chi connectivity index (χ1v) is 14.6. The van der Waals surface area contributed by atoms with Crippen LogP contribution in [0.4, 0.5) is 0 Å². The van der Waals surface area contributed by atoms with Crippen molar-refractivity contribution in [2.45, 2.75) is 36.3 Å². The zero-order valence-corrected chi connectivity index (χ0v) is 19.3. The first-order valence-electron chi connectivity index (χ1n) is 10.2. The molecule has 2 aliphatic rings. The van der Waals surface area contributed by atoms with Crippen LogP contribution in [0.25, 0.3) is 0 Å². The molecule has 2 bridgehead atoms. The van der Waals surface area contributed by atoms with E-state index < -0.39 is 14.7 Å². The topological polar surface area (TPSA) is 0 Å². The molecule has 0 aromatic heterocycles. The number of allylic oxidation sites excluding steroid dienone is 2. The molecule has 0 nitrogen and oxygen atoms in total. The molecule has 0 radical (unpaired) electrons. The monoisotopic (exact) mass is 444 g/mol. The molecule has 0 spiro atoms. The second kappa shape index (κ2) is 7.66. The maximum absolute atomic E-state index is 2.44. The quantitative estimate of drug-likeness (QED) is 0.303. The van der Waals surface area contributed by atoms with Gasteiger partial charge in [-0.05, 0) is 0 Å². The minimum absolute atomic E-state index is 0.120. The van der Waals surface area contributed by atoms with Gasteiger partial charge >= 0.3 is 175 Å². The molecule has 1 fully saturated rings. The summed E-state index contributed by atoms with van der Waals surface area (Å²) in [6.07, 6.45) is 1.39. The normalized spacial score (nSPS) is 26.2. The van der Waals surface area contributed by atoms with Crippen LogP contribution in [-0.4, -0.2) is 26.0 Å². The van der Waals surface area contributed by atoms with E-state index in [1.807, 2.05) is 0 Å². The van der Waals surface area contributed by atoms with E-state index in [-0.39, 0.29) is 7.92 Å². The molecule has 4 atom stereocenters. The Balaban J connectivity index is 1.61. The summed E-state index contributed by atoms with van der Waals surface area (Å²) in [7, 11) is -0.120.